The summed E-state index contributed by atoms with van der Waals surface area (Å²) in [6, 6.07) is 10.4. The number of hydrogen-bond donors (Lipinski definition) is 2. The summed E-state index contributed by atoms with van der Waals surface area (Å²) in [6.45, 7) is 2.88. The minimum atomic E-state index is -0.362. The van der Waals surface area contributed by atoms with Crippen LogP contribution in [-0.2, 0) is 0 Å². The summed E-state index contributed by atoms with van der Waals surface area (Å²) in [6.07, 6.45) is 5.12. The SMILES string of the molecule is COc1cc(C(=O)NC2CCCN(C(=O)Nc3ccc(F)cc3)C2)ccc1-n1cnc(C)c1. The highest BCUT2D eigenvalue weighted by Crippen LogP contribution is 2.25. The summed E-state index contributed by atoms with van der Waals surface area (Å²) in [5, 5.41) is 5.79. The lowest BCUT2D eigenvalue weighted by Crippen LogP contribution is -2.50. The van der Waals surface area contributed by atoms with Crippen molar-refractivity contribution >= 4 is 17.6 Å². The number of nitrogens with zero attached hydrogens (tertiary/aromatic N) is 3. The van der Waals surface area contributed by atoms with Crippen molar-refractivity contribution in [2.75, 3.05) is 25.5 Å². The summed E-state index contributed by atoms with van der Waals surface area (Å²) in [4.78, 5) is 31.4. The van der Waals surface area contributed by atoms with E-state index in [1.165, 1.54) is 24.3 Å². The van der Waals surface area contributed by atoms with E-state index < -0.39 is 0 Å². The van der Waals surface area contributed by atoms with Crippen LogP contribution in [0.4, 0.5) is 14.9 Å². The van der Waals surface area contributed by atoms with Gasteiger partial charge in [0.2, 0.25) is 0 Å². The predicted octanol–water partition coefficient (Wildman–Crippen LogP) is 3.75. The molecule has 2 aromatic carbocycles. The Kier molecular flexibility index (Phi) is 6.58. The van der Waals surface area contributed by atoms with Crippen LogP contribution in [0.2, 0.25) is 0 Å². The highest BCUT2D eigenvalue weighted by atomic mass is 19.1. The molecule has 0 aliphatic carbocycles. The van der Waals surface area contributed by atoms with Crippen LogP contribution in [0.25, 0.3) is 5.69 Å². The second kappa shape index (κ2) is 9.72. The first-order valence-electron chi connectivity index (χ1n) is 10.7. The van der Waals surface area contributed by atoms with Crippen LogP contribution >= 0.6 is 0 Å². The molecule has 3 aromatic rings. The number of likely N-dealkylation sites (tertiary alicyclic amines) is 1. The minimum Gasteiger partial charge on any atom is -0.495 e. The summed E-state index contributed by atoms with van der Waals surface area (Å²) < 4.78 is 20.4. The van der Waals surface area contributed by atoms with Crippen molar-refractivity contribution in [2.24, 2.45) is 0 Å². The third-order valence-electron chi connectivity index (χ3n) is 5.57. The quantitative estimate of drug-likeness (QED) is 0.618. The molecule has 1 aliphatic heterocycles. The van der Waals surface area contributed by atoms with Gasteiger partial charge in [0.05, 0.1) is 24.8 Å². The fraction of sp³-hybridized carbons (Fsp3) is 0.292. The molecule has 8 nitrogen and oxygen atoms in total. The van der Waals surface area contributed by atoms with E-state index >= 15 is 0 Å². The van der Waals surface area contributed by atoms with Crippen LogP contribution < -0.4 is 15.4 Å². The molecule has 1 fully saturated rings. The number of aromatic nitrogens is 2. The average molecular weight is 452 g/mol. The van der Waals surface area contributed by atoms with E-state index in [4.69, 9.17) is 4.74 Å². The normalized spacial score (nSPS) is 15.7. The van der Waals surface area contributed by atoms with Crippen molar-refractivity contribution in [1.29, 1.82) is 0 Å². The number of nitrogens with one attached hydrogen (secondary N) is 2. The Morgan fingerprint density at radius 2 is 1.97 bits per heavy atom. The lowest BCUT2D eigenvalue weighted by molar-refractivity contribution is 0.0912. The van der Waals surface area contributed by atoms with Crippen molar-refractivity contribution < 1.29 is 18.7 Å². The van der Waals surface area contributed by atoms with Gasteiger partial charge < -0.3 is 24.8 Å². The summed E-state index contributed by atoms with van der Waals surface area (Å²) in [5.41, 5.74) is 2.66. The average Bonchev–Trinajstić information content (AvgIpc) is 3.26. The number of amides is 3. The Bertz CT molecular complexity index is 1150. The van der Waals surface area contributed by atoms with Crippen molar-refractivity contribution in [3.8, 4) is 11.4 Å². The van der Waals surface area contributed by atoms with E-state index in [2.05, 4.69) is 15.6 Å². The van der Waals surface area contributed by atoms with Gasteiger partial charge in [-0.2, -0.15) is 0 Å². The molecule has 9 heteroatoms. The topological polar surface area (TPSA) is 88.5 Å². The number of piperidine rings is 1. The van der Waals surface area contributed by atoms with E-state index in [1.807, 2.05) is 23.8 Å². The molecule has 0 bridgehead atoms. The van der Waals surface area contributed by atoms with Crippen molar-refractivity contribution in [1.82, 2.24) is 19.8 Å². The van der Waals surface area contributed by atoms with Crippen LogP contribution in [0.15, 0.2) is 55.0 Å². The Labute approximate surface area is 191 Å². The molecule has 33 heavy (non-hydrogen) atoms. The number of aryl methyl sites for hydroxylation is 1. The number of carbonyl (C=O) groups excluding carboxylic acids is 2. The highest BCUT2D eigenvalue weighted by Gasteiger charge is 2.25. The molecule has 1 saturated heterocycles. The number of methoxy groups -OCH3 is 1. The molecule has 1 aliphatic rings. The lowest BCUT2D eigenvalue weighted by Gasteiger charge is -2.33. The standard InChI is InChI=1S/C24H26FN5O3/c1-16-13-30(15-26-16)21-10-5-17(12-22(21)33-2)23(31)27-20-4-3-11-29(14-20)24(32)28-19-8-6-18(25)7-9-19/h5-10,12-13,15,20H,3-4,11,14H2,1-2H3,(H,27,31)(H,28,32). The van der Waals surface area contributed by atoms with Crippen LogP contribution in [-0.4, -0.2) is 52.6 Å². The first-order chi connectivity index (χ1) is 15.9. The number of halogens is 1. The number of hydrogen-bond acceptors (Lipinski definition) is 4. The molecule has 172 valence electrons. The second-order valence-electron chi connectivity index (χ2n) is 8.00. The number of carbonyl (C=O) groups is 2. The first-order valence-corrected chi connectivity index (χ1v) is 10.7. The van der Waals surface area contributed by atoms with Crippen molar-refractivity contribution in [3.63, 3.8) is 0 Å². The van der Waals surface area contributed by atoms with Gasteiger partial charge in [0, 0.05) is 36.6 Å². The van der Waals surface area contributed by atoms with Crippen LogP contribution in [0.3, 0.4) is 0 Å². The molecule has 1 aromatic heterocycles. The summed E-state index contributed by atoms with van der Waals surface area (Å²) in [7, 11) is 1.56. The third kappa shape index (κ3) is 5.31. The monoisotopic (exact) mass is 451 g/mol. The molecule has 4 rings (SSSR count). The van der Waals surface area contributed by atoms with Gasteiger partial charge in [-0.05, 0) is 62.2 Å². The van der Waals surface area contributed by atoms with Gasteiger partial charge in [0.25, 0.3) is 5.91 Å². The minimum absolute atomic E-state index is 0.174. The molecule has 0 radical (unpaired) electrons. The maximum Gasteiger partial charge on any atom is 0.321 e. The smallest absolute Gasteiger partial charge is 0.321 e. The Morgan fingerprint density at radius 3 is 2.67 bits per heavy atom. The van der Waals surface area contributed by atoms with E-state index in [9.17, 15) is 14.0 Å². The molecule has 1 atom stereocenters. The maximum atomic E-state index is 13.1. The van der Waals surface area contributed by atoms with E-state index in [1.54, 1.807) is 30.5 Å². The maximum absolute atomic E-state index is 13.1. The molecule has 2 heterocycles. The molecular weight excluding hydrogens is 425 g/mol. The predicted molar refractivity (Wildman–Crippen MR) is 122 cm³/mol. The third-order valence-corrected chi connectivity index (χ3v) is 5.57. The molecule has 0 spiro atoms. The van der Waals surface area contributed by atoms with Gasteiger partial charge in [-0.3, -0.25) is 4.79 Å². The molecule has 3 amide bonds. The van der Waals surface area contributed by atoms with Gasteiger partial charge in [0.1, 0.15) is 11.6 Å². The van der Waals surface area contributed by atoms with Gasteiger partial charge in [-0.15, -0.1) is 0 Å². The molecule has 0 saturated carbocycles. The van der Waals surface area contributed by atoms with E-state index in [0.29, 0.717) is 30.1 Å². The molecule has 2 N–H and O–H groups in total. The van der Waals surface area contributed by atoms with Gasteiger partial charge in [-0.25, -0.2) is 14.2 Å². The molecular formula is C24H26FN5O3. The van der Waals surface area contributed by atoms with Gasteiger partial charge in [-0.1, -0.05) is 0 Å². The summed E-state index contributed by atoms with van der Waals surface area (Å²) >= 11 is 0. The number of benzene rings is 2. The Balaban J connectivity index is 1.39. The van der Waals surface area contributed by atoms with Crippen molar-refractivity contribution in [3.05, 3.63) is 72.1 Å². The first kappa shape index (κ1) is 22.3. The summed E-state index contributed by atoms with van der Waals surface area (Å²) in [5.74, 6) is -0.0324. The van der Waals surface area contributed by atoms with Crippen LogP contribution in [0.5, 0.6) is 5.75 Å². The second-order valence-corrected chi connectivity index (χ2v) is 8.00. The van der Waals surface area contributed by atoms with E-state index in [0.717, 1.165) is 24.2 Å². The number of urea groups is 1. The zero-order valence-electron chi connectivity index (χ0n) is 18.5. The Hall–Kier alpha value is -3.88. The molecule has 1 unspecified atom stereocenters. The van der Waals surface area contributed by atoms with Gasteiger partial charge in [0.15, 0.2) is 0 Å². The fourth-order valence-electron chi connectivity index (χ4n) is 3.87. The number of imidazole rings is 1. The number of rotatable bonds is 5. The van der Waals surface area contributed by atoms with Crippen LogP contribution in [0.1, 0.15) is 28.9 Å². The fourth-order valence-corrected chi connectivity index (χ4v) is 3.87. The Morgan fingerprint density at radius 1 is 1.18 bits per heavy atom. The van der Waals surface area contributed by atoms with Crippen molar-refractivity contribution in [2.45, 2.75) is 25.8 Å². The van der Waals surface area contributed by atoms with Gasteiger partial charge >= 0.3 is 6.03 Å². The largest absolute Gasteiger partial charge is 0.495 e. The highest BCUT2D eigenvalue weighted by molar-refractivity contribution is 5.95. The zero-order chi connectivity index (χ0) is 23.4. The van der Waals surface area contributed by atoms with E-state index in [-0.39, 0.29) is 23.8 Å². The van der Waals surface area contributed by atoms with Crippen LogP contribution in [0, 0.1) is 12.7 Å². The number of ether oxygens (including phenoxy) is 1. The zero-order valence-corrected chi connectivity index (χ0v) is 18.5. The lowest BCUT2D eigenvalue weighted by atomic mass is 10.0. The number of anilines is 1.